The van der Waals surface area contributed by atoms with Gasteiger partial charge in [-0.25, -0.2) is 0 Å². The summed E-state index contributed by atoms with van der Waals surface area (Å²) < 4.78 is 0. The van der Waals surface area contributed by atoms with Gasteiger partial charge in [-0.05, 0) is 49.4 Å². The van der Waals surface area contributed by atoms with Crippen LogP contribution in [0, 0.1) is 5.92 Å². The van der Waals surface area contributed by atoms with Crippen LogP contribution in [0.15, 0.2) is 24.3 Å². The number of nitrogens with one attached hydrogen (secondary N) is 1. The molecule has 1 aliphatic carbocycles. The third kappa shape index (κ3) is 3.16. The molecule has 2 rings (SSSR count). The molecule has 0 amide bonds. The molecule has 0 saturated heterocycles. The summed E-state index contributed by atoms with van der Waals surface area (Å²) in [7, 11) is 0. The summed E-state index contributed by atoms with van der Waals surface area (Å²) >= 11 is 0. The van der Waals surface area contributed by atoms with Crippen molar-refractivity contribution in [1.29, 1.82) is 0 Å². The SMILES string of the molecule is CC1CCCC(Nc2ccc(O)cc2)CC1. The van der Waals surface area contributed by atoms with Crippen LogP contribution in [0.25, 0.3) is 0 Å². The maximum absolute atomic E-state index is 9.21. The maximum Gasteiger partial charge on any atom is 0.115 e. The molecular weight excluding hydrogens is 198 g/mol. The summed E-state index contributed by atoms with van der Waals surface area (Å²) in [5.74, 6) is 1.21. The Kier molecular flexibility index (Phi) is 3.70. The second-order valence-corrected chi connectivity index (χ2v) is 5.00. The van der Waals surface area contributed by atoms with Crippen molar-refractivity contribution in [3.63, 3.8) is 0 Å². The summed E-state index contributed by atoms with van der Waals surface area (Å²) in [5, 5.41) is 12.8. The molecule has 0 heterocycles. The molecule has 0 bridgehead atoms. The van der Waals surface area contributed by atoms with Gasteiger partial charge in [0.25, 0.3) is 0 Å². The van der Waals surface area contributed by atoms with Crippen molar-refractivity contribution < 1.29 is 5.11 Å². The molecule has 2 N–H and O–H groups in total. The van der Waals surface area contributed by atoms with Gasteiger partial charge in [-0.15, -0.1) is 0 Å². The molecule has 2 heteroatoms. The lowest BCUT2D eigenvalue weighted by atomic mass is 10.0. The van der Waals surface area contributed by atoms with E-state index in [2.05, 4.69) is 12.2 Å². The van der Waals surface area contributed by atoms with Crippen molar-refractivity contribution in [3.05, 3.63) is 24.3 Å². The fraction of sp³-hybridized carbons (Fsp3) is 0.571. The van der Waals surface area contributed by atoms with Crippen LogP contribution in [-0.4, -0.2) is 11.1 Å². The first-order valence-electron chi connectivity index (χ1n) is 6.29. The predicted octanol–water partition coefficient (Wildman–Crippen LogP) is 3.77. The van der Waals surface area contributed by atoms with Crippen molar-refractivity contribution in [3.8, 4) is 5.75 Å². The molecule has 0 aliphatic heterocycles. The van der Waals surface area contributed by atoms with Crippen LogP contribution in [-0.2, 0) is 0 Å². The molecule has 1 saturated carbocycles. The van der Waals surface area contributed by atoms with Crippen LogP contribution in [0.5, 0.6) is 5.75 Å². The van der Waals surface area contributed by atoms with Crippen molar-refractivity contribution in [2.24, 2.45) is 5.92 Å². The zero-order valence-electron chi connectivity index (χ0n) is 9.95. The van der Waals surface area contributed by atoms with Crippen molar-refractivity contribution in [2.45, 2.75) is 45.1 Å². The van der Waals surface area contributed by atoms with Gasteiger partial charge in [-0.3, -0.25) is 0 Å². The zero-order valence-corrected chi connectivity index (χ0v) is 9.95. The van der Waals surface area contributed by atoms with Gasteiger partial charge in [0.1, 0.15) is 5.75 Å². The Labute approximate surface area is 97.7 Å². The molecule has 2 atom stereocenters. The fourth-order valence-corrected chi connectivity index (χ4v) is 2.42. The van der Waals surface area contributed by atoms with Crippen LogP contribution in [0.3, 0.4) is 0 Å². The van der Waals surface area contributed by atoms with Crippen LogP contribution in [0.2, 0.25) is 0 Å². The summed E-state index contributed by atoms with van der Waals surface area (Å²) in [6.45, 7) is 2.35. The molecule has 2 nitrogen and oxygen atoms in total. The monoisotopic (exact) mass is 219 g/mol. The van der Waals surface area contributed by atoms with Crippen molar-refractivity contribution in [1.82, 2.24) is 0 Å². The third-order valence-electron chi connectivity index (χ3n) is 3.50. The Hall–Kier alpha value is -1.18. The van der Waals surface area contributed by atoms with Crippen LogP contribution >= 0.6 is 0 Å². The standard InChI is InChI=1S/C14H21NO/c1-11-3-2-4-12(6-5-11)15-13-7-9-14(16)10-8-13/h7-12,15-16H,2-6H2,1H3. The van der Waals surface area contributed by atoms with E-state index in [0.29, 0.717) is 11.8 Å². The molecule has 1 fully saturated rings. The lowest BCUT2D eigenvalue weighted by Crippen LogP contribution is -2.18. The van der Waals surface area contributed by atoms with Gasteiger partial charge < -0.3 is 10.4 Å². The minimum Gasteiger partial charge on any atom is -0.508 e. The molecule has 16 heavy (non-hydrogen) atoms. The van der Waals surface area contributed by atoms with Gasteiger partial charge in [0.2, 0.25) is 0 Å². The number of benzene rings is 1. The summed E-state index contributed by atoms with van der Waals surface area (Å²) in [6, 6.07) is 7.98. The second kappa shape index (κ2) is 5.24. The van der Waals surface area contributed by atoms with Crippen molar-refractivity contribution in [2.75, 3.05) is 5.32 Å². The topological polar surface area (TPSA) is 32.3 Å². The molecule has 1 aromatic rings. The average molecular weight is 219 g/mol. The number of hydrogen-bond acceptors (Lipinski definition) is 2. The first-order chi connectivity index (χ1) is 7.74. The number of phenolic OH excluding ortho intramolecular Hbond substituents is 1. The molecule has 1 aromatic carbocycles. The van der Waals surface area contributed by atoms with E-state index < -0.39 is 0 Å². The molecule has 88 valence electrons. The van der Waals surface area contributed by atoms with E-state index in [1.807, 2.05) is 12.1 Å². The van der Waals surface area contributed by atoms with Gasteiger partial charge >= 0.3 is 0 Å². The van der Waals surface area contributed by atoms with Gasteiger partial charge in [0, 0.05) is 11.7 Å². The lowest BCUT2D eigenvalue weighted by Gasteiger charge is -2.17. The number of aromatic hydroxyl groups is 1. The summed E-state index contributed by atoms with van der Waals surface area (Å²) in [6.07, 6.45) is 6.56. The molecule has 1 aliphatic rings. The first kappa shape index (κ1) is 11.3. The number of anilines is 1. The molecule has 0 radical (unpaired) electrons. The van der Waals surface area contributed by atoms with E-state index in [9.17, 15) is 5.11 Å². The van der Waals surface area contributed by atoms with E-state index in [-0.39, 0.29) is 0 Å². The minimum absolute atomic E-state index is 0.333. The fourth-order valence-electron chi connectivity index (χ4n) is 2.42. The van der Waals surface area contributed by atoms with Gasteiger partial charge in [-0.1, -0.05) is 19.8 Å². The van der Waals surface area contributed by atoms with Crippen molar-refractivity contribution >= 4 is 5.69 Å². The lowest BCUT2D eigenvalue weighted by molar-refractivity contribution is 0.475. The number of rotatable bonds is 2. The van der Waals surface area contributed by atoms with Gasteiger partial charge in [0.15, 0.2) is 0 Å². The van der Waals surface area contributed by atoms with Gasteiger partial charge in [0.05, 0.1) is 0 Å². The largest absolute Gasteiger partial charge is 0.508 e. The quantitative estimate of drug-likeness (QED) is 0.586. The van der Waals surface area contributed by atoms with Crippen LogP contribution < -0.4 is 5.32 Å². The van der Waals surface area contributed by atoms with E-state index in [4.69, 9.17) is 0 Å². The summed E-state index contributed by atoms with van der Waals surface area (Å²) in [4.78, 5) is 0. The minimum atomic E-state index is 0.333. The average Bonchev–Trinajstić information content (AvgIpc) is 2.47. The third-order valence-corrected chi connectivity index (χ3v) is 3.50. The Bertz CT molecular complexity index is 320. The first-order valence-corrected chi connectivity index (χ1v) is 6.29. The Balaban J connectivity index is 1.91. The summed E-state index contributed by atoms with van der Waals surface area (Å²) in [5.41, 5.74) is 1.12. The number of hydrogen-bond donors (Lipinski definition) is 2. The maximum atomic E-state index is 9.21. The molecule has 0 spiro atoms. The van der Waals surface area contributed by atoms with Gasteiger partial charge in [-0.2, -0.15) is 0 Å². The van der Waals surface area contributed by atoms with E-state index in [0.717, 1.165) is 11.6 Å². The molecule has 2 unspecified atom stereocenters. The highest BCUT2D eigenvalue weighted by Crippen LogP contribution is 2.25. The number of phenols is 1. The zero-order chi connectivity index (χ0) is 11.4. The normalized spacial score (nSPS) is 26.1. The smallest absolute Gasteiger partial charge is 0.115 e. The highest BCUT2D eigenvalue weighted by atomic mass is 16.3. The van der Waals surface area contributed by atoms with Crippen LogP contribution in [0.4, 0.5) is 5.69 Å². The molecular formula is C14H21NO. The highest BCUT2D eigenvalue weighted by molar-refractivity contribution is 5.46. The Morgan fingerprint density at radius 2 is 1.81 bits per heavy atom. The predicted molar refractivity (Wildman–Crippen MR) is 67.8 cm³/mol. The highest BCUT2D eigenvalue weighted by Gasteiger charge is 2.15. The second-order valence-electron chi connectivity index (χ2n) is 5.00. The Morgan fingerprint density at radius 1 is 1.06 bits per heavy atom. The van der Waals surface area contributed by atoms with E-state index >= 15 is 0 Å². The Morgan fingerprint density at radius 3 is 2.56 bits per heavy atom. The van der Waals surface area contributed by atoms with E-state index in [1.54, 1.807) is 12.1 Å². The van der Waals surface area contributed by atoms with E-state index in [1.165, 1.54) is 32.1 Å². The molecule has 0 aromatic heterocycles. The van der Waals surface area contributed by atoms with Crippen LogP contribution in [0.1, 0.15) is 39.0 Å².